The average molecular weight is 174 g/mol. The highest BCUT2D eigenvalue weighted by atomic mass is 15.2. The van der Waals surface area contributed by atoms with Crippen LogP contribution in [0.15, 0.2) is 12.4 Å². The van der Waals surface area contributed by atoms with Crippen LogP contribution >= 0.6 is 0 Å². The molecule has 1 fully saturated rings. The second-order valence-electron chi connectivity index (χ2n) is 3.38. The minimum absolute atomic E-state index is 0.373. The molecule has 4 heteroatoms. The molecule has 1 aliphatic heterocycles. The van der Waals surface area contributed by atoms with E-state index in [4.69, 9.17) is 5.26 Å². The van der Waals surface area contributed by atoms with Crippen LogP contribution in [0.5, 0.6) is 0 Å². The first-order valence-corrected chi connectivity index (χ1v) is 4.26. The summed E-state index contributed by atoms with van der Waals surface area (Å²) in [6.45, 7) is 4.29. The molecule has 0 N–H and O–H groups in total. The van der Waals surface area contributed by atoms with Gasteiger partial charge in [0.25, 0.3) is 0 Å². The Kier molecular flexibility index (Phi) is 1.85. The molecular formula is C9H10N4. The van der Waals surface area contributed by atoms with Gasteiger partial charge in [-0.05, 0) is 5.92 Å². The van der Waals surface area contributed by atoms with Crippen molar-refractivity contribution < 1.29 is 0 Å². The fraction of sp³-hybridized carbons (Fsp3) is 0.444. The normalized spacial score (nSPS) is 16.5. The summed E-state index contributed by atoms with van der Waals surface area (Å²) in [5.41, 5.74) is 0.373. The van der Waals surface area contributed by atoms with E-state index in [9.17, 15) is 0 Å². The van der Waals surface area contributed by atoms with Gasteiger partial charge in [-0.2, -0.15) is 5.26 Å². The van der Waals surface area contributed by atoms with Crippen LogP contribution in [0, 0.1) is 17.2 Å². The van der Waals surface area contributed by atoms with E-state index in [0.717, 1.165) is 24.8 Å². The number of hydrogen-bond acceptors (Lipinski definition) is 4. The largest absolute Gasteiger partial charge is 0.355 e. The quantitative estimate of drug-likeness (QED) is 0.632. The number of rotatable bonds is 1. The molecule has 0 aromatic carbocycles. The molecule has 0 aliphatic carbocycles. The number of nitrogens with zero attached hydrogens (tertiary/aromatic N) is 4. The lowest BCUT2D eigenvalue weighted by Crippen LogP contribution is -2.45. The predicted molar refractivity (Wildman–Crippen MR) is 48.1 cm³/mol. The van der Waals surface area contributed by atoms with Crippen LogP contribution in [0.25, 0.3) is 0 Å². The maximum Gasteiger partial charge on any atom is 0.158 e. The van der Waals surface area contributed by atoms with E-state index in [2.05, 4.69) is 21.8 Å². The lowest BCUT2D eigenvalue weighted by Gasteiger charge is -2.37. The molecular weight excluding hydrogens is 164 g/mol. The highest BCUT2D eigenvalue weighted by molar-refractivity contribution is 5.40. The molecule has 4 nitrogen and oxygen atoms in total. The highest BCUT2D eigenvalue weighted by Crippen LogP contribution is 2.20. The lowest BCUT2D eigenvalue weighted by molar-refractivity contribution is 0.443. The Balaban J connectivity index is 2.11. The molecule has 0 radical (unpaired) electrons. The van der Waals surface area contributed by atoms with Crippen molar-refractivity contribution in [3.8, 4) is 6.07 Å². The minimum Gasteiger partial charge on any atom is -0.355 e. The maximum absolute atomic E-state index is 8.51. The molecule has 0 unspecified atom stereocenters. The summed E-state index contributed by atoms with van der Waals surface area (Å²) in [5.74, 6) is 1.62. The Morgan fingerprint density at radius 3 is 2.69 bits per heavy atom. The zero-order chi connectivity index (χ0) is 9.26. The molecule has 2 rings (SSSR count). The van der Waals surface area contributed by atoms with Gasteiger partial charge in [-0.15, -0.1) is 0 Å². The molecule has 2 heterocycles. The van der Waals surface area contributed by atoms with Crippen molar-refractivity contribution in [3.63, 3.8) is 0 Å². The minimum atomic E-state index is 0.373. The lowest BCUT2D eigenvalue weighted by atomic mass is 10.0. The zero-order valence-corrected chi connectivity index (χ0v) is 7.44. The van der Waals surface area contributed by atoms with Gasteiger partial charge in [0, 0.05) is 13.1 Å². The van der Waals surface area contributed by atoms with Crippen molar-refractivity contribution in [3.05, 3.63) is 18.1 Å². The number of aromatic nitrogens is 2. The topological polar surface area (TPSA) is 52.8 Å². The van der Waals surface area contributed by atoms with Crippen molar-refractivity contribution in [2.24, 2.45) is 5.92 Å². The summed E-state index contributed by atoms with van der Waals surface area (Å²) < 4.78 is 0. The van der Waals surface area contributed by atoms with Gasteiger partial charge in [-0.1, -0.05) is 6.92 Å². The first-order valence-electron chi connectivity index (χ1n) is 4.26. The van der Waals surface area contributed by atoms with Gasteiger partial charge >= 0.3 is 0 Å². The maximum atomic E-state index is 8.51. The Morgan fingerprint density at radius 1 is 1.46 bits per heavy atom. The molecule has 0 atom stereocenters. The van der Waals surface area contributed by atoms with Crippen LogP contribution in [0.3, 0.4) is 0 Å². The number of nitriles is 1. The van der Waals surface area contributed by atoms with Gasteiger partial charge in [-0.3, -0.25) is 0 Å². The first-order chi connectivity index (χ1) is 6.29. The Morgan fingerprint density at radius 2 is 2.23 bits per heavy atom. The summed E-state index contributed by atoms with van der Waals surface area (Å²) in [4.78, 5) is 10.3. The van der Waals surface area contributed by atoms with Crippen molar-refractivity contribution in [2.75, 3.05) is 18.0 Å². The van der Waals surface area contributed by atoms with Gasteiger partial charge in [0.05, 0.1) is 12.4 Å². The SMILES string of the molecule is CC1CN(c2cnc(C#N)cn2)C1. The van der Waals surface area contributed by atoms with Crippen molar-refractivity contribution in [1.82, 2.24) is 9.97 Å². The summed E-state index contributed by atoms with van der Waals surface area (Å²) in [6.07, 6.45) is 3.17. The monoisotopic (exact) mass is 174 g/mol. The van der Waals surface area contributed by atoms with Gasteiger partial charge < -0.3 is 4.90 Å². The van der Waals surface area contributed by atoms with E-state index in [1.165, 1.54) is 6.20 Å². The van der Waals surface area contributed by atoms with E-state index in [1.54, 1.807) is 6.20 Å². The average Bonchev–Trinajstić information content (AvgIpc) is 2.13. The molecule has 66 valence electrons. The van der Waals surface area contributed by atoms with Gasteiger partial charge in [0.1, 0.15) is 11.9 Å². The van der Waals surface area contributed by atoms with Crippen molar-refractivity contribution in [1.29, 1.82) is 5.26 Å². The molecule has 0 amide bonds. The molecule has 1 aliphatic rings. The smallest absolute Gasteiger partial charge is 0.158 e. The molecule has 1 aromatic rings. The van der Waals surface area contributed by atoms with E-state index >= 15 is 0 Å². The highest BCUT2D eigenvalue weighted by Gasteiger charge is 2.23. The number of anilines is 1. The van der Waals surface area contributed by atoms with Gasteiger partial charge in [0.15, 0.2) is 5.69 Å². The second kappa shape index (κ2) is 3.02. The van der Waals surface area contributed by atoms with Crippen molar-refractivity contribution in [2.45, 2.75) is 6.92 Å². The van der Waals surface area contributed by atoms with Crippen LogP contribution in [-0.4, -0.2) is 23.1 Å². The predicted octanol–water partition coefficient (Wildman–Crippen LogP) is 0.804. The Hall–Kier alpha value is -1.63. The third-order valence-corrected chi connectivity index (χ3v) is 2.14. The molecule has 1 aromatic heterocycles. The van der Waals surface area contributed by atoms with Crippen LogP contribution in [0.4, 0.5) is 5.82 Å². The molecule has 13 heavy (non-hydrogen) atoms. The third kappa shape index (κ3) is 1.45. The fourth-order valence-corrected chi connectivity index (χ4v) is 1.43. The molecule has 1 saturated heterocycles. The van der Waals surface area contributed by atoms with Crippen LogP contribution in [-0.2, 0) is 0 Å². The summed E-state index contributed by atoms with van der Waals surface area (Å²) in [5, 5.41) is 8.51. The van der Waals surface area contributed by atoms with E-state index in [1.807, 2.05) is 6.07 Å². The molecule has 0 saturated carbocycles. The Bertz CT molecular complexity index is 332. The zero-order valence-electron chi connectivity index (χ0n) is 7.44. The van der Waals surface area contributed by atoms with Crippen LogP contribution < -0.4 is 4.90 Å². The standard InChI is InChI=1S/C9H10N4/c1-7-5-13(6-7)9-4-11-8(2-10)3-12-9/h3-4,7H,5-6H2,1H3. The first kappa shape index (κ1) is 7.99. The van der Waals surface area contributed by atoms with E-state index < -0.39 is 0 Å². The van der Waals surface area contributed by atoms with E-state index in [-0.39, 0.29) is 0 Å². The fourth-order valence-electron chi connectivity index (χ4n) is 1.43. The molecule has 0 bridgehead atoms. The second-order valence-corrected chi connectivity index (χ2v) is 3.38. The van der Waals surface area contributed by atoms with Gasteiger partial charge in [0.2, 0.25) is 0 Å². The van der Waals surface area contributed by atoms with Gasteiger partial charge in [-0.25, -0.2) is 9.97 Å². The van der Waals surface area contributed by atoms with Crippen molar-refractivity contribution >= 4 is 5.82 Å². The summed E-state index contributed by atoms with van der Waals surface area (Å²) >= 11 is 0. The van der Waals surface area contributed by atoms with E-state index in [0.29, 0.717) is 5.69 Å². The molecule has 0 spiro atoms. The van der Waals surface area contributed by atoms with Crippen LogP contribution in [0.1, 0.15) is 12.6 Å². The van der Waals surface area contributed by atoms with Crippen LogP contribution in [0.2, 0.25) is 0 Å². The summed E-state index contributed by atoms with van der Waals surface area (Å²) in [6, 6.07) is 1.95. The number of hydrogen-bond donors (Lipinski definition) is 0. The summed E-state index contributed by atoms with van der Waals surface area (Å²) in [7, 11) is 0. The Labute approximate surface area is 76.8 Å². The third-order valence-electron chi connectivity index (χ3n) is 2.14.